The van der Waals surface area contributed by atoms with Crippen LogP contribution in [0.25, 0.3) is 11.3 Å². The van der Waals surface area contributed by atoms with Crippen molar-refractivity contribution >= 4 is 33.5 Å². The maximum Gasteiger partial charge on any atom is 0.434 e. The summed E-state index contributed by atoms with van der Waals surface area (Å²) in [5.41, 5.74) is -1.86. The van der Waals surface area contributed by atoms with Gasteiger partial charge in [0, 0.05) is 12.6 Å². The number of esters is 1. The topological polar surface area (TPSA) is 44.1 Å². The van der Waals surface area contributed by atoms with Gasteiger partial charge in [0.15, 0.2) is 5.69 Å². The summed E-state index contributed by atoms with van der Waals surface area (Å²) in [6, 6.07) is 1.86. The SMILES string of the molecule is CC(C)OC(=O)c1cc(-c2nn(C)c(C(F)(F)F)c2Br)c(F)cc1Cl. The molecule has 25 heavy (non-hydrogen) atoms. The van der Waals surface area contributed by atoms with Crippen LogP contribution in [0, 0.1) is 5.82 Å². The van der Waals surface area contributed by atoms with Gasteiger partial charge in [-0.2, -0.15) is 18.3 Å². The monoisotopic (exact) mass is 442 g/mol. The summed E-state index contributed by atoms with van der Waals surface area (Å²) >= 11 is 8.67. The molecule has 0 aliphatic heterocycles. The summed E-state index contributed by atoms with van der Waals surface area (Å²) in [4.78, 5) is 12.0. The quantitative estimate of drug-likeness (QED) is 0.482. The van der Waals surface area contributed by atoms with Crippen LogP contribution < -0.4 is 0 Å². The van der Waals surface area contributed by atoms with Crippen molar-refractivity contribution in [2.24, 2.45) is 7.05 Å². The fourth-order valence-corrected chi connectivity index (χ4v) is 3.14. The number of hydrogen-bond donors (Lipinski definition) is 0. The molecular weight excluding hydrogens is 432 g/mol. The largest absolute Gasteiger partial charge is 0.459 e. The van der Waals surface area contributed by atoms with E-state index < -0.39 is 34.2 Å². The summed E-state index contributed by atoms with van der Waals surface area (Å²) in [5, 5.41) is 3.50. The zero-order valence-corrected chi connectivity index (χ0v) is 15.6. The summed E-state index contributed by atoms with van der Waals surface area (Å²) in [6.45, 7) is 3.22. The first-order chi connectivity index (χ1) is 11.4. The van der Waals surface area contributed by atoms with Crippen LogP contribution in [0.4, 0.5) is 17.6 Å². The Kier molecular flexibility index (Phi) is 5.48. The zero-order chi connectivity index (χ0) is 19.1. The molecule has 2 rings (SSSR count). The zero-order valence-electron chi connectivity index (χ0n) is 13.2. The Morgan fingerprint density at radius 3 is 2.44 bits per heavy atom. The van der Waals surface area contributed by atoms with Crippen LogP contribution >= 0.6 is 27.5 Å². The Bertz CT molecular complexity index is 834. The second-order valence-electron chi connectivity index (χ2n) is 5.40. The van der Waals surface area contributed by atoms with Gasteiger partial charge in [-0.3, -0.25) is 4.68 Å². The van der Waals surface area contributed by atoms with Crippen molar-refractivity contribution < 1.29 is 27.1 Å². The number of carbonyl (C=O) groups excluding carboxylic acids is 1. The minimum atomic E-state index is -4.69. The Morgan fingerprint density at radius 1 is 1.36 bits per heavy atom. The molecule has 10 heteroatoms. The lowest BCUT2D eigenvalue weighted by molar-refractivity contribution is -0.144. The van der Waals surface area contributed by atoms with Gasteiger partial charge in [0.1, 0.15) is 11.5 Å². The molecule has 0 bridgehead atoms. The molecule has 0 saturated carbocycles. The number of aryl methyl sites for hydroxylation is 1. The molecule has 0 radical (unpaired) electrons. The average Bonchev–Trinajstić information content (AvgIpc) is 2.72. The number of aromatic nitrogens is 2. The van der Waals surface area contributed by atoms with E-state index >= 15 is 0 Å². The van der Waals surface area contributed by atoms with E-state index in [-0.39, 0.29) is 21.8 Å². The molecule has 0 spiro atoms. The van der Waals surface area contributed by atoms with Crippen LogP contribution in [-0.2, 0) is 18.0 Å². The average molecular weight is 444 g/mol. The van der Waals surface area contributed by atoms with E-state index in [1.165, 1.54) is 0 Å². The highest BCUT2D eigenvalue weighted by Gasteiger charge is 2.39. The summed E-state index contributed by atoms with van der Waals surface area (Å²) < 4.78 is 58.6. The predicted octanol–water partition coefficient (Wildman–Crippen LogP) is 5.23. The van der Waals surface area contributed by atoms with Crippen LogP contribution in [0.2, 0.25) is 5.02 Å². The third kappa shape index (κ3) is 3.98. The van der Waals surface area contributed by atoms with E-state index in [0.717, 1.165) is 19.2 Å². The second kappa shape index (κ2) is 6.95. The molecule has 136 valence electrons. The lowest BCUT2D eigenvalue weighted by atomic mass is 10.1. The number of halogens is 6. The van der Waals surface area contributed by atoms with E-state index in [0.29, 0.717) is 4.68 Å². The minimum Gasteiger partial charge on any atom is -0.459 e. The van der Waals surface area contributed by atoms with Gasteiger partial charge in [0.05, 0.1) is 21.2 Å². The first-order valence-corrected chi connectivity index (χ1v) is 8.10. The molecule has 0 aliphatic rings. The van der Waals surface area contributed by atoms with E-state index in [4.69, 9.17) is 16.3 Å². The van der Waals surface area contributed by atoms with Crippen LogP contribution in [0.1, 0.15) is 29.9 Å². The molecule has 0 atom stereocenters. The minimum absolute atomic E-state index is 0.169. The molecular formula is C15H12BrClF4N2O2. The van der Waals surface area contributed by atoms with Gasteiger partial charge < -0.3 is 4.74 Å². The van der Waals surface area contributed by atoms with E-state index in [1.807, 2.05) is 0 Å². The number of nitrogens with zero attached hydrogens (tertiary/aromatic N) is 2. The molecule has 0 amide bonds. The predicted molar refractivity (Wildman–Crippen MR) is 86.9 cm³/mol. The maximum absolute atomic E-state index is 14.3. The van der Waals surface area contributed by atoms with Crippen LogP contribution in [0.3, 0.4) is 0 Å². The second-order valence-corrected chi connectivity index (χ2v) is 6.60. The van der Waals surface area contributed by atoms with Crippen LogP contribution in [-0.4, -0.2) is 21.9 Å². The molecule has 0 N–H and O–H groups in total. The Morgan fingerprint density at radius 2 is 1.96 bits per heavy atom. The summed E-state index contributed by atoms with van der Waals surface area (Å²) in [6.07, 6.45) is -5.14. The fourth-order valence-electron chi connectivity index (χ4n) is 2.14. The molecule has 1 aromatic heterocycles. The number of rotatable bonds is 3. The molecule has 2 aromatic rings. The van der Waals surface area contributed by atoms with Gasteiger partial charge >= 0.3 is 12.1 Å². The Labute approximate surface area is 153 Å². The highest BCUT2D eigenvalue weighted by molar-refractivity contribution is 9.10. The van der Waals surface area contributed by atoms with Gasteiger partial charge in [0.25, 0.3) is 0 Å². The lowest BCUT2D eigenvalue weighted by Crippen LogP contribution is -2.12. The molecule has 0 saturated heterocycles. The third-order valence-electron chi connectivity index (χ3n) is 3.13. The first-order valence-electron chi connectivity index (χ1n) is 6.93. The number of carbonyl (C=O) groups is 1. The normalized spacial score (nSPS) is 11.9. The first kappa shape index (κ1) is 19.7. The number of hydrogen-bond acceptors (Lipinski definition) is 3. The fraction of sp³-hybridized carbons (Fsp3) is 0.333. The van der Waals surface area contributed by atoms with Crippen molar-refractivity contribution in [3.05, 3.63) is 38.7 Å². The van der Waals surface area contributed by atoms with Crippen molar-refractivity contribution in [3.63, 3.8) is 0 Å². The van der Waals surface area contributed by atoms with Gasteiger partial charge in [-0.25, -0.2) is 9.18 Å². The van der Waals surface area contributed by atoms with Crippen molar-refractivity contribution in [2.45, 2.75) is 26.1 Å². The standard InChI is InChI=1S/C15H12BrClF4N2O2/c1-6(2)25-14(24)7-4-8(10(18)5-9(7)17)12-11(16)13(15(19,20)21)23(3)22-12/h4-6H,1-3H3. The number of benzene rings is 1. The summed E-state index contributed by atoms with van der Waals surface area (Å²) in [7, 11) is 1.08. The van der Waals surface area contributed by atoms with Gasteiger partial charge in [-0.15, -0.1) is 0 Å². The third-order valence-corrected chi connectivity index (χ3v) is 4.20. The Hall–Kier alpha value is -1.61. The van der Waals surface area contributed by atoms with Gasteiger partial charge in [-0.05, 0) is 41.9 Å². The molecule has 1 aromatic carbocycles. The molecule has 0 fully saturated rings. The lowest BCUT2D eigenvalue weighted by Gasteiger charge is -2.11. The van der Waals surface area contributed by atoms with Crippen LogP contribution in [0.5, 0.6) is 0 Å². The highest BCUT2D eigenvalue weighted by atomic mass is 79.9. The number of ether oxygens (including phenoxy) is 1. The van der Waals surface area contributed by atoms with Crippen LogP contribution in [0.15, 0.2) is 16.6 Å². The molecule has 0 unspecified atom stereocenters. The van der Waals surface area contributed by atoms with E-state index in [1.54, 1.807) is 13.8 Å². The maximum atomic E-state index is 14.3. The van der Waals surface area contributed by atoms with Crippen molar-refractivity contribution in [1.29, 1.82) is 0 Å². The van der Waals surface area contributed by atoms with E-state index in [9.17, 15) is 22.4 Å². The molecule has 4 nitrogen and oxygen atoms in total. The highest BCUT2D eigenvalue weighted by Crippen LogP contribution is 2.41. The smallest absolute Gasteiger partial charge is 0.434 e. The van der Waals surface area contributed by atoms with Gasteiger partial charge in [0.2, 0.25) is 0 Å². The Balaban J connectivity index is 2.63. The van der Waals surface area contributed by atoms with Crippen molar-refractivity contribution in [3.8, 4) is 11.3 Å². The molecule has 0 aliphatic carbocycles. The molecule has 1 heterocycles. The summed E-state index contributed by atoms with van der Waals surface area (Å²) in [5.74, 6) is -1.73. The van der Waals surface area contributed by atoms with Crippen molar-refractivity contribution in [2.75, 3.05) is 0 Å². The van der Waals surface area contributed by atoms with Crippen molar-refractivity contribution in [1.82, 2.24) is 9.78 Å². The van der Waals surface area contributed by atoms with Gasteiger partial charge in [-0.1, -0.05) is 11.6 Å². The number of alkyl halides is 3. The van der Waals surface area contributed by atoms with E-state index in [2.05, 4.69) is 21.0 Å².